The van der Waals surface area contributed by atoms with Gasteiger partial charge in [0.15, 0.2) is 0 Å². The minimum absolute atomic E-state index is 0.0602. The van der Waals surface area contributed by atoms with Gasteiger partial charge >= 0.3 is 0 Å². The first kappa shape index (κ1) is 8.82. The number of nitrogens with one attached hydrogen (secondary N) is 1. The van der Waals surface area contributed by atoms with Gasteiger partial charge in [0.05, 0.1) is 11.9 Å². The Morgan fingerprint density at radius 1 is 1.58 bits per heavy atom. The molecule has 4 nitrogen and oxygen atoms in total. The van der Waals surface area contributed by atoms with Crippen molar-refractivity contribution in [2.75, 3.05) is 5.48 Å². The van der Waals surface area contributed by atoms with Gasteiger partial charge in [-0.1, -0.05) is 0 Å². The number of hydrogen-bond acceptors (Lipinski definition) is 4. The summed E-state index contributed by atoms with van der Waals surface area (Å²) in [4.78, 5) is 7.05. The predicted octanol–water partition coefficient (Wildman–Crippen LogP) is 1.84. The molecule has 0 aliphatic heterocycles. The van der Waals surface area contributed by atoms with Gasteiger partial charge in [0, 0.05) is 11.8 Å². The van der Waals surface area contributed by atoms with Gasteiger partial charge in [0.25, 0.3) is 6.43 Å². The molecule has 0 amide bonds. The van der Waals surface area contributed by atoms with Crippen LogP contribution >= 0.6 is 0 Å². The summed E-state index contributed by atoms with van der Waals surface area (Å²) in [5.41, 5.74) is 1.53. The minimum Gasteiger partial charge on any atom is -0.262 e. The van der Waals surface area contributed by atoms with Crippen molar-refractivity contribution in [1.29, 1.82) is 0 Å². The molecule has 1 aromatic rings. The van der Waals surface area contributed by atoms with Crippen molar-refractivity contribution in [1.82, 2.24) is 4.98 Å². The third-order valence-electron chi connectivity index (χ3n) is 1.25. The zero-order valence-electron chi connectivity index (χ0n) is 5.87. The van der Waals surface area contributed by atoms with Crippen LogP contribution in [0.25, 0.3) is 0 Å². The lowest BCUT2D eigenvalue weighted by Crippen LogP contribution is -2.01. The lowest BCUT2D eigenvalue weighted by molar-refractivity contribution is -0.215. The van der Waals surface area contributed by atoms with E-state index in [1.165, 1.54) is 6.20 Å². The van der Waals surface area contributed by atoms with Crippen molar-refractivity contribution in [3.05, 3.63) is 24.0 Å². The van der Waals surface area contributed by atoms with E-state index >= 15 is 0 Å². The highest BCUT2D eigenvalue weighted by Crippen LogP contribution is 2.25. The number of aromatic nitrogens is 1. The van der Waals surface area contributed by atoms with Crippen molar-refractivity contribution in [3.8, 4) is 0 Å². The van der Waals surface area contributed by atoms with E-state index in [0.717, 1.165) is 12.3 Å². The Hall–Kier alpha value is -1.27. The van der Waals surface area contributed by atoms with Gasteiger partial charge in [-0.15, -0.1) is 4.99 Å². The van der Waals surface area contributed by atoms with E-state index in [-0.39, 0.29) is 11.3 Å². The van der Waals surface area contributed by atoms with Gasteiger partial charge in [0.1, 0.15) is 0 Å². The van der Waals surface area contributed by atoms with Crippen LogP contribution in [0.4, 0.5) is 14.5 Å². The maximum Gasteiger partial charge on any atom is 0.266 e. The van der Waals surface area contributed by atoms with Gasteiger partial charge in [-0.05, 0) is 6.07 Å². The summed E-state index contributed by atoms with van der Waals surface area (Å²) in [5.74, 6) is 0. The molecule has 0 aliphatic rings. The number of alkyl halides is 2. The average Bonchev–Trinajstić information content (AvgIpc) is 2.05. The van der Waals surface area contributed by atoms with Gasteiger partial charge in [-0.2, -0.15) is 0 Å². The molecule has 1 heterocycles. The fourth-order valence-corrected chi connectivity index (χ4v) is 0.730. The number of nitrogens with zero attached hydrogens (tertiary/aromatic N) is 1. The number of anilines is 1. The highest BCUT2D eigenvalue weighted by atomic mass is 19.3. The molecule has 0 atom stereocenters. The molecule has 0 saturated heterocycles. The second-order valence-corrected chi connectivity index (χ2v) is 1.96. The topological polar surface area (TPSA) is 54.4 Å². The highest BCUT2D eigenvalue weighted by Gasteiger charge is 2.12. The minimum atomic E-state index is -2.63. The first-order valence-corrected chi connectivity index (χ1v) is 3.04. The Bertz CT molecular complexity index is 257. The number of hydrogen-bond donors (Lipinski definition) is 2. The Balaban J connectivity index is 2.92. The van der Waals surface area contributed by atoms with Gasteiger partial charge < -0.3 is 0 Å². The van der Waals surface area contributed by atoms with E-state index in [4.69, 9.17) is 5.26 Å². The van der Waals surface area contributed by atoms with Crippen LogP contribution in [0, 0.1) is 0 Å². The van der Waals surface area contributed by atoms with Crippen molar-refractivity contribution < 1.29 is 19.0 Å². The van der Waals surface area contributed by atoms with Crippen LogP contribution in [-0.4, -0.2) is 10.2 Å². The molecule has 0 aliphatic carbocycles. The number of rotatable bonds is 3. The zero-order chi connectivity index (χ0) is 8.97. The molecular formula is C6H6F2N2O2. The largest absolute Gasteiger partial charge is 0.266 e. The first-order valence-electron chi connectivity index (χ1n) is 3.04. The van der Waals surface area contributed by atoms with Gasteiger partial charge in [0.2, 0.25) is 0 Å². The maximum absolute atomic E-state index is 12.1. The standard InChI is InChI=1S/C6H6F2N2O2/c7-6(8)4-1-2-9-3-5(4)10-12-11/h1-3,6,10-11H. The molecule has 0 radical (unpaired) electrons. The molecule has 0 bridgehead atoms. The van der Waals surface area contributed by atoms with Crippen LogP contribution in [0.1, 0.15) is 12.0 Å². The summed E-state index contributed by atoms with van der Waals surface area (Å²) in [6, 6.07) is 1.13. The zero-order valence-corrected chi connectivity index (χ0v) is 5.87. The molecular weight excluding hydrogens is 170 g/mol. The number of halogens is 2. The Morgan fingerprint density at radius 3 is 2.92 bits per heavy atom. The SMILES string of the molecule is OONc1cnccc1C(F)F. The molecule has 0 fully saturated rings. The molecule has 2 N–H and O–H groups in total. The summed E-state index contributed by atoms with van der Waals surface area (Å²) in [7, 11) is 0. The van der Waals surface area contributed by atoms with E-state index in [9.17, 15) is 8.78 Å². The second kappa shape index (κ2) is 3.93. The van der Waals surface area contributed by atoms with Crippen LogP contribution in [-0.2, 0) is 4.99 Å². The third-order valence-corrected chi connectivity index (χ3v) is 1.25. The van der Waals surface area contributed by atoms with E-state index in [2.05, 4.69) is 9.97 Å². The summed E-state index contributed by atoms with van der Waals surface area (Å²) in [6.07, 6.45) is -0.285. The van der Waals surface area contributed by atoms with E-state index in [1.807, 2.05) is 5.48 Å². The highest BCUT2D eigenvalue weighted by molar-refractivity contribution is 5.47. The fourth-order valence-electron chi connectivity index (χ4n) is 0.730. The lowest BCUT2D eigenvalue weighted by Gasteiger charge is -2.06. The lowest BCUT2D eigenvalue weighted by atomic mass is 10.2. The molecule has 0 aromatic carbocycles. The van der Waals surface area contributed by atoms with Crippen LogP contribution in [0.2, 0.25) is 0 Å². The molecule has 0 unspecified atom stereocenters. The predicted molar refractivity (Wildman–Crippen MR) is 36.5 cm³/mol. The van der Waals surface area contributed by atoms with E-state index < -0.39 is 6.43 Å². The first-order chi connectivity index (χ1) is 5.75. The Labute approximate surface area is 66.7 Å². The smallest absolute Gasteiger partial charge is 0.262 e. The van der Waals surface area contributed by atoms with Crippen molar-refractivity contribution in [2.24, 2.45) is 0 Å². The Morgan fingerprint density at radius 2 is 2.33 bits per heavy atom. The van der Waals surface area contributed by atoms with Crippen LogP contribution < -0.4 is 5.48 Å². The van der Waals surface area contributed by atoms with E-state index in [0.29, 0.717) is 0 Å². The summed E-state index contributed by atoms with van der Waals surface area (Å²) >= 11 is 0. The molecule has 12 heavy (non-hydrogen) atoms. The van der Waals surface area contributed by atoms with Gasteiger partial charge in [-0.25, -0.2) is 19.5 Å². The number of pyridine rings is 1. The summed E-state index contributed by atoms with van der Waals surface area (Å²) < 4.78 is 24.3. The maximum atomic E-state index is 12.1. The van der Waals surface area contributed by atoms with Crippen molar-refractivity contribution in [3.63, 3.8) is 0 Å². The van der Waals surface area contributed by atoms with Crippen LogP contribution in [0.5, 0.6) is 0 Å². The van der Waals surface area contributed by atoms with Crippen molar-refractivity contribution >= 4 is 5.69 Å². The average molecular weight is 176 g/mol. The molecule has 1 rings (SSSR count). The van der Waals surface area contributed by atoms with Gasteiger partial charge in [-0.3, -0.25) is 4.98 Å². The van der Waals surface area contributed by atoms with Crippen LogP contribution in [0.3, 0.4) is 0 Å². The summed E-state index contributed by atoms with van der Waals surface area (Å²) in [5, 5.41) is 7.94. The van der Waals surface area contributed by atoms with Crippen LogP contribution in [0.15, 0.2) is 18.5 Å². The van der Waals surface area contributed by atoms with Crippen molar-refractivity contribution in [2.45, 2.75) is 6.43 Å². The molecule has 1 aromatic heterocycles. The Kier molecular flexibility index (Phi) is 2.89. The molecule has 0 saturated carbocycles. The molecule has 6 heteroatoms. The monoisotopic (exact) mass is 176 g/mol. The molecule has 66 valence electrons. The third kappa shape index (κ3) is 1.86. The normalized spacial score (nSPS) is 10.3. The molecule has 0 spiro atoms. The summed E-state index contributed by atoms with van der Waals surface area (Å²) in [6.45, 7) is 0. The quantitative estimate of drug-likeness (QED) is 0.545. The fraction of sp³-hybridized carbons (Fsp3) is 0.167. The van der Waals surface area contributed by atoms with E-state index in [1.54, 1.807) is 0 Å². The second-order valence-electron chi connectivity index (χ2n) is 1.96.